The number of rotatable bonds is 4. The van der Waals surface area contributed by atoms with Crippen molar-refractivity contribution < 1.29 is 8.42 Å². The molecule has 1 aromatic rings. The molecule has 1 aromatic carbocycles. The Bertz CT molecular complexity index is 398. The normalized spacial score (nSPS) is 11.3. The molecule has 0 heterocycles. The van der Waals surface area contributed by atoms with Gasteiger partial charge in [0.05, 0.1) is 5.75 Å². The van der Waals surface area contributed by atoms with Crippen LogP contribution in [0.1, 0.15) is 5.56 Å². The van der Waals surface area contributed by atoms with Gasteiger partial charge in [0.1, 0.15) is 9.84 Å². The summed E-state index contributed by atoms with van der Waals surface area (Å²) in [5.41, 5.74) is 2.12. The third-order valence-corrected chi connectivity index (χ3v) is 2.88. The Balaban J connectivity index is 2.51. The predicted octanol–water partition coefficient (Wildman–Crippen LogP) is 1.45. The zero-order valence-corrected chi connectivity index (χ0v) is 9.26. The molecule has 0 unspecified atom stereocenters. The molecule has 0 saturated carbocycles. The zero-order valence-electron chi connectivity index (χ0n) is 8.45. The molecule has 0 spiro atoms. The largest absolute Gasteiger partial charge is 0.384 e. The maximum Gasteiger partial charge on any atom is 0.149 e. The van der Waals surface area contributed by atoms with Crippen molar-refractivity contribution in [1.29, 1.82) is 0 Å². The molecule has 0 bridgehead atoms. The first-order valence-corrected chi connectivity index (χ1v) is 6.52. The molecule has 0 aliphatic carbocycles. The van der Waals surface area contributed by atoms with Crippen LogP contribution in [0.25, 0.3) is 0 Å². The van der Waals surface area contributed by atoms with Crippen molar-refractivity contribution in [1.82, 2.24) is 0 Å². The van der Waals surface area contributed by atoms with Crippen molar-refractivity contribution in [2.45, 2.75) is 6.92 Å². The lowest BCUT2D eigenvalue weighted by atomic mass is 10.2. The molecule has 0 aromatic heterocycles. The summed E-state index contributed by atoms with van der Waals surface area (Å²) in [6.45, 7) is 2.45. The van der Waals surface area contributed by atoms with E-state index < -0.39 is 9.84 Å². The average Bonchev–Trinajstić information content (AvgIpc) is 2.06. The summed E-state index contributed by atoms with van der Waals surface area (Å²) in [5.74, 6) is 0.168. The van der Waals surface area contributed by atoms with Crippen molar-refractivity contribution in [2.75, 3.05) is 23.9 Å². The monoisotopic (exact) mass is 213 g/mol. The number of benzene rings is 1. The second-order valence-electron chi connectivity index (χ2n) is 3.37. The van der Waals surface area contributed by atoms with Crippen molar-refractivity contribution >= 4 is 15.5 Å². The van der Waals surface area contributed by atoms with Crippen LogP contribution in [0.4, 0.5) is 5.69 Å². The Labute approximate surface area is 85.1 Å². The summed E-state index contributed by atoms with van der Waals surface area (Å²) < 4.78 is 21.7. The van der Waals surface area contributed by atoms with Crippen LogP contribution in [0, 0.1) is 6.92 Å². The number of anilines is 1. The SMILES string of the molecule is Cc1ccccc1NCCS(C)(=O)=O. The highest BCUT2D eigenvalue weighted by molar-refractivity contribution is 7.90. The van der Waals surface area contributed by atoms with Crippen molar-refractivity contribution in [2.24, 2.45) is 0 Å². The van der Waals surface area contributed by atoms with Gasteiger partial charge in [0.15, 0.2) is 0 Å². The molecular weight excluding hydrogens is 198 g/mol. The Morgan fingerprint density at radius 1 is 1.29 bits per heavy atom. The van der Waals surface area contributed by atoms with Crippen LogP contribution >= 0.6 is 0 Å². The van der Waals surface area contributed by atoms with E-state index in [1.807, 2.05) is 31.2 Å². The van der Waals surface area contributed by atoms with Gasteiger partial charge < -0.3 is 5.32 Å². The highest BCUT2D eigenvalue weighted by atomic mass is 32.2. The molecule has 0 amide bonds. The van der Waals surface area contributed by atoms with Crippen molar-refractivity contribution in [3.63, 3.8) is 0 Å². The van der Waals surface area contributed by atoms with Crippen LogP contribution < -0.4 is 5.32 Å². The number of sulfone groups is 1. The Kier molecular flexibility index (Phi) is 3.52. The van der Waals surface area contributed by atoms with Crippen molar-refractivity contribution in [3.05, 3.63) is 29.8 Å². The predicted molar refractivity (Wildman–Crippen MR) is 59.4 cm³/mol. The minimum atomic E-state index is -2.87. The van der Waals surface area contributed by atoms with E-state index in [-0.39, 0.29) is 5.75 Å². The van der Waals surface area contributed by atoms with E-state index in [4.69, 9.17) is 0 Å². The smallest absolute Gasteiger partial charge is 0.149 e. The first-order valence-electron chi connectivity index (χ1n) is 4.46. The van der Waals surface area contributed by atoms with Gasteiger partial charge in [-0.3, -0.25) is 0 Å². The van der Waals surface area contributed by atoms with E-state index in [0.717, 1.165) is 11.3 Å². The molecule has 1 rings (SSSR count). The Morgan fingerprint density at radius 3 is 2.50 bits per heavy atom. The van der Waals surface area contributed by atoms with Crippen LogP contribution in [0.5, 0.6) is 0 Å². The van der Waals surface area contributed by atoms with Crippen LogP contribution in [0.15, 0.2) is 24.3 Å². The molecule has 0 aliphatic heterocycles. The molecule has 0 saturated heterocycles. The van der Waals surface area contributed by atoms with Crippen LogP contribution in [-0.2, 0) is 9.84 Å². The first kappa shape index (κ1) is 11.0. The van der Waals surface area contributed by atoms with Gasteiger partial charge in [-0.05, 0) is 18.6 Å². The lowest BCUT2D eigenvalue weighted by molar-refractivity contribution is 0.602. The summed E-state index contributed by atoms with van der Waals surface area (Å²) in [6.07, 6.45) is 1.24. The molecule has 0 atom stereocenters. The average molecular weight is 213 g/mol. The number of hydrogen-bond donors (Lipinski definition) is 1. The summed E-state index contributed by atoms with van der Waals surface area (Å²) in [7, 11) is -2.87. The number of aryl methyl sites for hydroxylation is 1. The topological polar surface area (TPSA) is 46.2 Å². The third kappa shape index (κ3) is 3.79. The Morgan fingerprint density at radius 2 is 1.93 bits per heavy atom. The van der Waals surface area contributed by atoms with Crippen LogP contribution in [0.2, 0.25) is 0 Å². The van der Waals surface area contributed by atoms with Crippen molar-refractivity contribution in [3.8, 4) is 0 Å². The summed E-state index contributed by atoms with van der Waals surface area (Å²) in [4.78, 5) is 0. The van der Waals surface area contributed by atoms with Gasteiger partial charge in [0, 0.05) is 18.5 Å². The molecule has 0 fully saturated rings. The second-order valence-corrected chi connectivity index (χ2v) is 5.63. The van der Waals surface area contributed by atoms with Gasteiger partial charge in [0.25, 0.3) is 0 Å². The first-order chi connectivity index (χ1) is 6.49. The number of para-hydroxylation sites is 1. The maximum atomic E-state index is 10.9. The van der Waals surface area contributed by atoms with E-state index >= 15 is 0 Å². The van der Waals surface area contributed by atoms with E-state index in [2.05, 4.69) is 5.32 Å². The molecule has 4 heteroatoms. The third-order valence-electron chi connectivity index (χ3n) is 1.93. The van der Waals surface area contributed by atoms with Gasteiger partial charge >= 0.3 is 0 Å². The van der Waals surface area contributed by atoms with Crippen LogP contribution in [-0.4, -0.2) is 27.0 Å². The standard InChI is InChI=1S/C10H15NO2S/c1-9-5-3-4-6-10(9)11-7-8-14(2,12)13/h3-6,11H,7-8H2,1-2H3. The molecule has 78 valence electrons. The lowest BCUT2D eigenvalue weighted by Crippen LogP contribution is -2.14. The van der Waals surface area contributed by atoms with E-state index in [9.17, 15) is 8.42 Å². The summed E-state index contributed by atoms with van der Waals surface area (Å²) in [5, 5.41) is 3.09. The molecule has 0 aliphatic rings. The lowest BCUT2D eigenvalue weighted by Gasteiger charge is -2.07. The second kappa shape index (κ2) is 4.46. The van der Waals surface area contributed by atoms with Gasteiger partial charge in [-0.1, -0.05) is 18.2 Å². The minimum absolute atomic E-state index is 0.168. The maximum absolute atomic E-state index is 10.9. The number of hydrogen-bond acceptors (Lipinski definition) is 3. The molecule has 0 radical (unpaired) electrons. The molecule has 3 nitrogen and oxygen atoms in total. The molecule has 14 heavy (non-hydrogen) atoms. The quantitative estimate of drug-likeness (QED) is 0.823. The summed E-state index contributed by atoms with van der Waals surface area (Å²) in [6, 6.07) is 7.81. The fraction of sp³-hybridized carbons (Fsp3) is 0.400. The van der Waals surface area contributed by atoms with Gasteiger partial charge in [-0.2, -0.15) is 0 Å². The summed E-state index contributed by atoms with van der Waals surface area (Å²) >= 11 is 0. The molecule has 1 N–H and O–H groups in total. The van der Waals surface area contributed by atoms with E-state index in [1.54, 1.807) is 0 Å². The highest BCUT2D eigenvalue weighted by Gasteiger charge is 2.01. The van der Waals surface area contributed by atoms with Gasteiger partial charge in [-0.15, -0.1) is 0 Å². The van der Waals surface area contributed by atoms with E-state index in [0.29, 0.717) is 6.54 Å². The Hall–Kier alpha value is -1.03. The number of nitrogens with one attached hydrogen (secondary N) is 1. The fourth-order valence-corrected chi connectivity index (χ4v) is 1.62. The van der Waals surface area contributed by atoms with Gasteiger partial charge in [-0.25, -0.2) is 8.42 Å². The van der Waals surface area contributed by atoms with E-state index in [1.165, 1.54) is 6.26 Å². The highest BCUT2D eigenvalue weighted by Crippen LogP contribution is 2.12. The zero-order chi connectivity index (χ0) is 10.6. The fourth-order valence-electron chi connectivity index (χ4n) is 1.14. The molecular formula is C10H15NO2S. The van der Waals surface area contributed by atoms with Crippen LogP contribution in [0.3, 0.4) is 0 Å². The van der Waals surface area contributed by atoms with Gasteiger partial charge in [0.2, 0.25) is 0 Å². The minimum Gasteiger partial charge on any atom is -0.384 e.